The second-order valence-electron chi connectivity index (χ2n) is 22.1. The van der Waals surface area contributed by atoms with Gasteiger partial charge in [0.1, 0.15) is 5.58 Å². The maximum Gasteiger partial charge on any atom is 0.244 e. The minimum atomic E-state index is -0.00849. The lowest BCUT2D eigenvalue weighted by Crippen LogP contribution is -2.37. The third kappa shape index (κ3) is 6.52. The Morgan fingerprint density at radius 2 is 1.24 bits per heavy atom. The molecule has 0 saturated heterocycles. The number of anilines is 2. The summed E-state index contributed by atoms with van der Waals surface area (Å²) >= 11 is 0. The van der Waals surface area contributed by atoms with E-state index in [1.807, 2.05) is 0 Å². The zero-order valence-electron chi connectivity index (χ0n) is 42.0. The molecular weight excluding hydrogens is 874 g/mol. The van der Waals surface area contributed by atoms with Crippen molar-refractivity contribution in [2.24, 2.45) is 0 Å². The molecule has 72 heavy (non-hydrogen) atoms. The molecule has 1 N–H and O–H groups in total. The SMILES string of the molecule is CCCCCc1ccc(Nc2cc3c(cc2-c2cc(-n4c5ccccc5c5ccccc54)c4c5c6ccccc6ccc5n5c4c2Bc2oc4ccc(-c6ccccc6)cc4c2-5)C(C)(C)CCC3(C)C)cc1. The van der Waals surface area contributed by atoms with Gasteiger partial charge in [0.25, 0.3) is 0 Å². The first-order valence-corrected chi connectivity index (χ1v) is 26.3. The van der Waals surface area contributed by atoms with Crippen LogP contribution in [0.15, 0.2) is 180 Å². The number of rotatable bonds is 9. The molecule has 0 fully saturated rings. The number of aryl methyl sites for hydroxylation is 1. The van der Waals surface area contributed by atoms with Crippen LogP contribution < -0.4 is 16.4 Å². The maximum atomic E-state index is 7.17. The van der Waals surface area contributed by atoms with Gasteiger partial charge in [0.05, 0.1) is 39.1 Å². The second-order valence-corrected chi connectivity index (χ2v) is 22.1. The summed E-state index contributed by atoms with van der Waals surface area (Å²) in [5, 5.41) is 12.7. The normalized spacial score (nSPS) is 14.6. The van der Waals surface area contributed by atoms with Gasteiger partial charge in [-0.25, -0.2) is 0 Å². The highest BCUT2D eigenvalue weighted by atomic mass is 16.3. The molecule has 12 aromatic rings. The highest BCUT2D eigenvalue weighted by Gasteiger charge is 2.39. The summed E-state index contributed by atoms with van der Waals surface area (Å²) in [5.74, 6) is 0. The van der Waals surface area contributed by atoms with E-state index < -0.39 is 0 Å². The lowest BCUT2D eigenvalue weighted by atomic mass is 9.60. The van der Waals surface area contributed by atoms with Crippen molar-refractivity contribution in [2.75, 3.05) is 5.32 Å². The van der Waals surface area contributed by atoms with E-state index in [4.69, 9.17) is 4.42 Å². The van der Waals surface area contributed by atoms with Crippen molar-refractivity contribution in [3.63, 3.8) is 0 Å². The average Bonchev–Trinajstić information content (AvgIpc) is 4.07. The van der Waals surface area contributed by atoms with Crippen molar-refractivity contribution in [2.45, 2.75) is 84.0 Å². The molecule has 14 rings (SSSR count). The van der Waals surface area contributed by atoms with Crippen LogP contribution in [0.2, 0.25) is 0 Å². The van der Waals surface area contributed by atoms with Crippen molar-refractivity contribution in [1.82, 2.24) is 9.13 Å². The predicted molar refractivity (Wildman–Crippen MR) is 308 cm³/mol. The lowest BCUT2D eigenvalue weighted by Gasteiger charge is -2.42. The summed E-state index contributed by atoms with van der Waals surface area (Å²) in [6, 6.07) is 66.1. The van der Waals surface area contributed by atoms with Gasteiger partial charge in [-0.15, -0.1) is 0 Å². The molecule has 0 atom stereocenters. The van der Waals surface area contributed by atoms with Gasteiger partial charge < -0.3 is 18.9 Å². The van der Waals surface area contributed by atoms with E-state index in [-0.39, 0.29) is 10.8 Å². The Morgan fingerprint density at radius 3 is 1.97 bits per heavy atom. The number of fused-ring (bicyclic) bond motifs is 13. The molecule has 1 aliphatic carbocycles. The van der Waals surface area contributed by atoms with Gasteiger partial charge in [0.15, 0.2) is 0 Å². The molecule has 9 aromatic carbocycles. The molecule has 350 valence electrons. The largest absolute Gasteiger partial charge is 0.469 e. The summed E-state index contributed by atoms with van der Waals surface area (Å²) in [6.45, 7) is 12.1. The molecule has 3 aromatic heterocycles. The van der Waals surface area contributed by atoms with E-state index in [0.717, 1.165) is 53.0 Å². The van der Waals surface area contributed by atoms with Gasteiger partial charge in [-0.1, -0.05) is 163 Å². The molecule has 5 heteroatoms. The predicted octanol–water partition coefficient (Wildman–Crippen LogP) is 16.6. The number of hydrogen-bond donors (Lipinski definition) is 1. The second kappa shape index (κ2) is 16.1. The van der Waals surface area contributed by atoms with Crippen molar-refractivity contribution in [3.8, 4) is 33.6 Å². The van der Waals surface area contributed by atoms with Crippen LogP contribution in [0.4, 0.5) is 11.4 Å². The van der Waals surface area contributed by atoms with Crippen LogP contribution >= 0.6 is 0 Å². The molecule has 4 nitrogen and oxygen atoms in total. The third-order valence-corrected chi connectivity index (χ3v) is 16.8. The standard InChI is InChI=1S/C67H58BN3O/c1-6-7-9-18-41-27-31-45(32-28-41)69-54-40-53-52(66(2,3)35-36-67(53,4)5)38-49(54)50-39-58(70-55-25-16-14-23-47(55)48-24-15-17-26-56(48)70)61-60-46-22-13-12-21-43(46)29-33-57(60)71-63-51-37-44(42-19-10-8-11-20-42)30-34-59(51)72-65(63)68-62(50)64(61)71/h8,10-17,19-34,37-40,68-69H,6-7,9,18,35-36H2,1-5H3. The fourth-order valence-corrected chi connectivity index (χ4v) is 12.9. The van der Waals surface area contributed by atoms with Crippen molar-refractivity contribution in [3.05, 3.63) is 193 Å². The minimum Gasteiger partial charge on any atom is -0.469 e. The third-order valence-electron chi connectivity index (χ3n) is 16.8. The van der Waals surface area contributed by atoms with E-state index in [0.29, 0.717) is 7.28 Å². The lowest BCUT2D eigenvalue weighted by molar-refractivity contribution is 0.332. The Kier molecular flexibility index (Phi) is 9.65. The number of furan rings is 1. The number of para-hydroxylation sites is 2. The summed E-state index contributed by atoms with van der Waals surface area (Å²) in [6.07, 6.45) is 7.08. The van der Waals surface area contributed by atoms with Crippen molar-refractivity contribution >= 4 is 95.1 Å². The highest BCUT2D eigenvalue weighted by Crippen LogP contribution is 2.51. The van der Waals surface area contributed by atoms with Crippen LogP contribution in [0, 0.1) is 0 Å². The average molecular weight is 932 g/mol. The molecule has 0 amide bonds. The molecule has 0 bridgehead atoms. The molecule has 2 aliphatic rings. The Balaban J connectivity index is 1.14. The Labute approximate surface area is 422 Å². The number of nitrogens with zero attached hydrogens (tertiary/aromatic N) is 2. The Hall–Kier alpha value is -7.76. The maximum absolute atomic E-state index is 7.17. The Bertz CT molecular complexity index is 4110. The van der Waals surface area contributed by atoms with E-state index in [1.54, 1.807) is 0 Å². The summed E-state index contributed by atoms with van der Waals surface area (Å²) < 4.78 is 12.3. The monoisotopic (exact) mass is 931 g/mol. The fraction of sp³-hybridized carbons (Fsp3) is 0.194. The molecule has 4 heterocycles. The molecule has 1 aliphatic heterocycles. The van der Waals surface area contributed by atoms with E-state index >= 15 is 0 Å². The fourth-order valence-electron chi connectivity index (χ4n) is 12.9. The quantitative estimate of drug-likeness (QED) is 0.116. The highest BCUT2D eigenvalue weighted by molar-refractivity contribution is 6.73. The van der Waals surface area contributed by atoms with Crippen LogP contribution in [0.3, 0.4) is 0 Å². The number of benzene rings is 9. The smallest absolute Gasteiger partial charge is 0.244 e. The van der Waals surface area contributed by atoms with Gasteiger partial charge in [0, 0.05) is 43.9 Å². The molecule has 0 radical (unpaired) electrons. The van der Waals surface area contributed by atoms with Crippen LogP contribution in [0.1, 0.15) is 83.4 Å². The molecular formula is C67H58BN3O. The molecule has 0 unspecified atom stereocenters. The Morgan fingerprint density at radius 1 is 0.556 bits per heavy atom. The first kappa shape index (κ1) is 43.1. The zero-order valence-corrected chi connectivity index (χ0v) is 42.0. The van der Waals surface area contributed by atoms with Gasteiger partial charge >= 0.3 is 0 Å². The van der Waals surface area contributed by atoms with Crippen molar-refractivity contribution in [1.29, 1.82) is 0 Å². The number of nitrogens with one attached hydrogen (secondary N) is 1. The number of unbranched alkanes of at least 4 members (excludes halogenated alkanes) is 2. The van der Waals surface area contributed by atoms with Crippen LogP contribution in [0.5, 0.6) is 0 Å². The number of hydrogen-bond acceptors (Lipinski definition) is 2. The number of aromatic nitrogens is 2. The summed E-state index contributed by atoms with van der Waals surface area (Å²) in [4.78, 5) is 0. The van der Waals surface area contributed by atoms with Crippen LogP contribution in [0.25, 0.3) is 99.0 Å². The first-order valence-electron chi connectivity index (χ1n) is 26.3. The minimum absolute atomic E-state index is 0.00849. The zero-order chi connectivity index (χ0) is 48.5. The summed E-state index contributed by atoms with van der Waals surface area (Å²) in [7, 11) is 0.649. The van der Waals surface area contributed by atoms with E-state index in [1.165, 1.54) is 124 Å². The van der Waals surface area contributed by atoms with Crippen molar-refractivity contribution < 1.29 is 4.42 Å². The van der Waals surface area contributed by atoms with E-state index in [9.17, 15) is 0 Å². The van der Waals surface area contributed by atoms with Crippen LogP contribution in [-0.2, 0) is 17.3 Å². The van der Waals surface area contributed by atoms with Gasteiger partial charge in [-0.05, 0) is 147 Å². The molecule has 0 spiro atoms. The van der Waals surface area contributed by atoms with Gasteiger partial charge in [-0.3, -0.25) is 0 Å². The van der Waals surface area contributed by atoms with Gasteiger partial charge in [-0.2, -0.15) is 0 Å². The molecule has 0 saturated carbocycles. The van der Waals surface area contributed by atoms with Gasteiger partial charge in [0.2, 0.25) is 7.28 Å². The van der Waals surface area contributed by atoms with E-state index in [2.05, 4.69) is 225 Å². The summed E-state index contributed by atoms with van der Waals surface area (Å²) in [5.41, 5.74) is 21.7. The first-order chi connectivity index (χ1) is 35.1. The topological polar surface area (TPSA) is 35.0 Å². The van der Waals surface area contributed by atoms with Crippen LogP contribution in [-0.4, -0.2) is 16.4 Å².